The number of nitrogens with zero attached hydrogens (tertiary/aromatic N) is 2. The van der Waals surface area contributed by atoms with Gasteiger partial charge in [0.15, 0.2) is 0 Å². The monoisotopic (exact) mass is 259 g/mol. The smallest absolute Gasteiger partial charge is 0.323 e. The van der Waals surface area contributed by atoms with E-state index in [-0.39, 0.29) is 6.54 Å². The Morgan fingerprint density at radius 3 is 2.84 bits per heavy atom. The third kappa shape index (κ3) is 3.19. The number of hydrogen-bond acceptors (Lipinski definition) is 3. The van der Waals surface area contributed by atoms with Crippen molar-refractivity contribution in [1.82, 2.24) is 9.88 Å². The quantitative estimate of drug-likeness (QED) is 0.880. The predicted molar refractivity (Wildman–Crippen MR) is 71.0 cm³/mol. The highest BCUT2D eigenvalue weighted by Gasteiger charge is 2.12. The van der Waals surface area contributed by atoms with Crippen molar-refractivity contribution in [2.24, 2.45) is 0 Å². The zero-order valence-corrected chi connectivity index (χ0v) is 10.3. The lowest BCUT2D eigenvalue weighted by Gasteiger charge is -2.15. The second-order valence-corrected chi connectivity index (χ2v) is 4.10. The zero-order chi connectivity index (χ0) is 13.8. The van der Waals surface area contributed by atoms with Gasteiger partial charge in [0, 0.05) is 12.4 Å². The van der Waals surface area contributed by atoms with Crippen LogP contribution in [0.2, 0.25) is 0 Å². The zero-order valence-electron chi connectivity index (χ0n) is 10.3. The Labute approximate surface area is 109 Å². The Balaban J connectivity index is 2.12. The van der Waals surface area contributed by atoms with Gasteiger partial charge < -0.3 is 15.3 Å². The number of para-hydroxylation sites is 1. The number of aromatic nitrogens is 1. The van der Waals surface area contributed by atoms with E-state index >= 15 is 0 Å². The van der Waals surface area contributed by atoms with Gasteiger partial charge in [-0.1, -0.05) is 18.2 Å². The van der Waals surface area contributed by atoms with Crippen LogP contribution in [-0.4, -0.2) is 40.6 Å². The van der Waals surface area contributed by atoms with Crippen LogP contribution < -0.4 is 5.32 Å². The molecule has 0 saturated carbocycles. The largest absolute Gasteiger partial charge is 0.480 e. The van der Waals surface area contributed by atoms with E-state index in [9.17, 15) is 9.59 Å². The standard InChI is InChI=1S/C13H13N3O3/c1-16(8-12(17)18)13(19)15-10-6-9-4-2-3-5-11(9)14-7-10/h2-7H,8H2,1H3,(H,15,19)(H,17,18). The van der Waals surface area contributed by atoms with Crippen LogP contribution in [0.25, 0.3) is 10.9 Å². The number of urea groups is 1. The number of aliphatic carboxylic acids is 1. The molecular weight excluding hydrogens is 246 g/mol. The first-order valence-corrected chi connectivity index (χ1v) is 5.65. The lowest BCUT2D eigenvalue weighted by Crippen LogP contribution is -2.35. The van der Waals surface area contributed by atoms with Crippen LogP contribution in [0.1, 0.15) is 0 Å². The van der Waals surface area contributed by atoms with Gasteiger partial charge in [-0.25, -0.2) is 4.79 Å². The number of fused-ring (bicyclic) bond motifs is 1. The molecule has 1 aromatic heterocycles. The number of carboxylic acid groups (broad SMARTS) is 1. The SMILES string of the molecule is CN(CC(=O)O)C(=O)Nc1cnc2ccccc2c1. The molecule has 0 aliphatic rings. The van der Waals surface area contributed by atoms with E-state index in [4.69, 9.17) is 5.11 Å². The summed E-state index contributed by atoms with van der Waals surface area (Å²) in [4.78, 5) is 27.5. The van der Waals surface area contributed by atoms with Crippen LogP contribution in [0.4, 0.5) is 10.5 Å². The number of benzene rings is 1. The lowest BCUT2D eigenvalue weighted by atomic mass is 10.2. The molecule has 2 N–H and O–H groups in total. The maximum Gasteiger partial charge on any atom is 0.323 e. The van der Waals surface area contributed by atoms with Crippen molar-refractivity contribution in [2.45, 2.75) is 0 Å². The predicted octanol–water partition coefficient (Wildman–Crippen LogP) is 1.78. The van der Waals surface area contributed by atoms with Crippen molar-refractivity contribution in [2.75, 3.05) is 18.9 Å². The lowest BCUT2D eigenvalue weighted by molar-refractivity contribution is -0.137. The Morgan fingerprint density at radius 2 is 2.11 bits per heavy atom. The fourth-order valence-electron chi connectivity index (χ4n) is 1.63. The maximum absolute atomic E-state index is 11.7. The summed E-state index contributed by atoms with van der Waals surface area (Å²) in [5.41, 5.74) is 1.36. The van der Waals surface area contributed by atoms with Crippen LogP contribution in [0, 0.1) is 0 Å². The van der Waals surface area contributed by atoms with Gasteiger partial charge in [-0.15, -0.1) is 0 Å². The minimum atomic E-state index is -1.06. The van der Waals surface area contributed by atoms with Gasteiger partial charge in [-0.2, -0.15) is 0 Å². The number of pyridine rings is 1. The number of rotatable bonds is 3. The van der Waals surface area contributed by atoms with Crippen LogP contribution in [0.5, 0.6) is 0 Å². The Morgan fingerprint density at radius 1 is 1.37 bits per heavy atom. The molecule has 0 bridgehead atoms. The number of likely N-dealkylation sites (N-methyl/N-ethyl adjacent to an activating group) is 1. The van der Waals surface area contributed by atoms with Gasteiger partial charge in [-0.05, 0) is 12.1 Å². The summed E-state index contributed by atoms with van der Waals surface area (Å²) in [7, 11) is 1.41. The second-order valence-electron chi connectivity index (χ2n) is 4.10. The van der Waals surface area contributed by atoms with Crippen molar-refractivity contribution in [3.05, 3.63) is 36.5 Å². The van der Waals surface area contributed by atoms with Gasteiger partial charge in [0.05, 0.1) is 17.4 Å². The number of carbonyl (C=O) groups is 2. The van der Waals surface area contributed by atoms with Crippen LogP contribution in [0.15, 0.2) is 36.5 Å². The molecule has 6 nitrogen and oxygen atoms in total. The van der Waals surface area contributed by atoms with Crippen molar-refractivity contribution in [1.29, 1.82) is 0 Å². The molecule has 0 spiro atoms. The molecule has 2 aromatic rings. The van der Waals surface area contributed by atoms with Gasteiger partial charge in [-0.3, -0.25) is 9.78 Å². The summed E-state index contributed by atoms with van der Waals surface area (Å²) in [6.07, 6.45) is 1.54. The number of nitrogens with one attached hydrogen (secondary N) is 1. The first kappa shape index (κ1) is 12.8. The van der Waals surface area contributed by atoms with Crippen molar-refractivity contribution < 1.29 is 14.7 Å². The van der Waals surface area contributed by atoms with E-state index in [0.717, 1.165) is 15.8 Å². The summed E-state index contributed by atoms with van der Waals surface area (Å²) in [5.74, 6) is -1.06. The van der Waals surface area contributed by atoms with E-state index in [1.165, 1.54) is 13.2 Å². The summed E-state index contributed by atoms with van der Waals surface area (Å²) in [5, 5.41) is 12.1. The number of carbonyl (C=O) groups excluding carboxylic acids is 1. The van der Waals surface area contributed by atoms with E-state index in [1.807, 2.05) is 24.3 Å². The summed E-state index contributed by atoms with van der Waals surface area (Å²) in [6, 6.07) is 8.82. The van der Waals surface area contributed by atoms with Crippen molar-refractivity contribution >= 4 is 28.6 Å². The number of hydrogen-bond donors (Lipinski definition) is 2. The molecule has 0 fully saturated rings. The second kappa shape index (κ2) is 5.34. The molecule has 2 amide bonds. The minimum Gasteiger partial charge on any atom is -0.480 e. The molecule has 1 heterocycles. The molecule has 0 atom stereocenters. The molecule has 0 saturated heterocycles. The topological polar surface area (TPSA) is 82.5 Å². The average molecular weight is 259 g/mol. The Kier molecular flexibility index (Phi) is 3.61. The molecular formula is C13H13N3O3. The van der Waals surface area contributed by atoms with Crippen LogP contribution >= 0.6 is 0 Å². The fourth-order valence-corrected chi connectivity index (χ4v) is 1.63. The van der Waals surface area contributed by atoms with Gasteiger partial charge in [0.2, 0.25) is 0 Å². The Bertz CT molecular complexity index is 627. The van der Waals surface area contributed by atoms with E-state index in [2.05, 4.69) is 10.3 Å². The molecule has 2 rings (SSSR count). The van der Waals surface area contributed by atoms with Crippen molar-refractivity contribution in [3.8, 4) is 0 Å². The molecule has 6 heteroatoms. The minimum absolute atomic E-state index is 0.354. The molecule has 0 aliphatic heterocycles. The molecule has 0 aliphatic carbocycles. The number of anilines is 1. The van der Waals surface area contributed by atoms with E-state index < -0.39 is 12.0 Å². The Hall–Kier alpha value is -2.63. The third-order valence-electron chi connectivity index (χ3n) is 2.56. The highest BCUT2D eigenvalue weighted by Crippen LogP contribution is 2.16. The maximum atomic E-state index is 11.7. The van der Waals surface area contributed by atoms with Crippen molar-refractivity contribution in [3.63, 3.8) is 0 Å². The number of amides is 2. The average Bonchev–Trinajstić information content (AvgIpc) is 2.37. The summed E-state index contributed by atoms with van der Waals surface area (Å²) in [6.45, 7) is -0.354. The first-order valence-electron chi connectivity index (χ1n) is 5.65. The summed E-state index contributed by atoms with van der Waals surface area (Å²) < 4.78 is 0. The van der Waals surface area contributed by atoms with Crippen LogP contribution in [0.3, 0.4) is 0 Å². The van der Waals surface area contributed by atoms with E-state index in [0.29, 0.717) is 5.69 Å². The van der Waals surface area contributed by atoms with Crippen LogP contribution in [-0.2, 0) is 4.79 Å². The first-order chi connectivity index (χ1) is 9.06. The molecule has 98 valence electrons. The molecule has 19 heavy (non-hydrogen) atoms. The molecule has 0 unspecified atom stereocenters. The normalized spacial score (nSPS) is 10.2. The number of carboxylic acids is 1. The highest BCUT2D eigenvalue weighted by atomic mass is 16.4. The fraction of sp³-hybridized carbons (Fsp3) is 0.154. The molecule has 1 aromatic carbocycles. The van der Waals surface area contributed by atoms with Gasteiger partial charge >= 0.3 is 12.0 Å². The molecule has 0 radical (unpaired) electrons. The van der Waals surface area contributed by atoms with Gasteiger partial charge in [0.1, 0.15) is 6.54 Å². The van der Waals surface area contributed by atoms with E-state index in [1.54, 1.807) is 6.07 Å². The summed E-state index contributed by atoms with van der Waals surface area (Å²) >= 11 is 0. The highest BCUT2D eigenvalue weighted by molar-refractivity contribution is 5.93. The third-order valence-corrected chi connectivity index (χ3v) is 2.56. The van der Waals surface area contributed by atoms with Gasteiger partial charge in [0.25, 0.3) is 0 Å².